The number of carboxylic acids is 1. The van der Waals surface area contributed by atoms with Gasteiger partial charge in [-0.05, 0) is 0 Å². The average molecular weight is 189 g/mol. The lowest BCUT2D eigenvalue weighted by atomic mass is 10.4. The molecule has 0 rings (SSSR count). The Labute approximate surface area is 71.1 Å². The number of hydrogen-bond acceptors (Lipinski definition) is 3. The fourth-order valence-corrected chi connectivity index (χ4v) is 1.60. The van der Waals surface area contributed by atoms with Gasteiger partial charge in [0, 0.05) is 0 Å². The van der Waals surface area contributed by atoms with Crippen LogP contribution in [0.3, 0.4) is 0 Å². The van der Waals surface area contributed by atoms with Crippen molar-refractivity contribution in [1.82, 2.24) is 0 Å². The molecule has 0 unspecified atom stereocenters. The summed E-state index contributed by atoms with van der Waals surface area (Å²) in [4.78, 5) is 10.3. The zero-order chi connectivity index (χ0) is 9.78. The molecule has 0 atom stereocenters. The molecule has 67 valence electrons. The first-order valence-corrected chi connectivity index (χ1v) is 4.67. The molecule has 0 aromatic heterocycles. The predicted molar refractivity (Wildman–Crippen MR) is 45.1 cm³/mol. The van der Waals surface area contributed by atoms with Crippen LogP contribution in [0.4, 0.5) is 0 Å². The third-order valence-electron chi connectivity index (χ3n) is 1.07. The molecule has 0 spiro atoms. The van der Waals surface area contributed by atoms with Gasteiger partial charge in [0.2, 0.25) is 5.25 Å². The highest BCUT2D eigenvalue weighted by Gasteiger charge is 2.29. The monoisotopic (exact) mass is 189 g/mol. The molecule has 0 heterocycles. The van der Waals surface area contributed by atoms with Gasteiger partial charge in [-0.3, -0.25) is 4.79 Å². The number of aliphatic carboxylic acids is 1. The highest BCUT2D eigenvalue weighted by molar-refractivity contribution is 7.95. The van der Waals surface area contributed by atoms with Gasteiger partial charge in [-0.15, -0.1) is 13.2 Å². The summed E-state index contributed by atoms with van der Waals surface area (Å²) < 4.78 is 22.1. The van der Waals surface area contributed by atoms with Crippen molar-refractivity contribution < 1.29 is 18.3 Å². The van der Waals surface area contributed by atoms with Gasteiger partial charge in [0.1, 0.15) is 0 Å². The molecule has 0 aliphatic carbocycles. The Morgan fingerprint density at radius 3 is 2.17 bits per heavy atom. The molecule has 0 aromatic rings. The van der Waals surface area contributed by atoms with E-state index in [2.05, 4.69) is 13.2 Å². The van der Waals surface area contributed by atoms with E-state index in [4.69, 9.17) is 5.11 Å². The van der Waals surface area contributed by atoms with Gasteiger partial charge in [0.25, 0.3) is 0 Å². The van der Waals surface area contributed by atoms with E-state index in [1.165, 1.54) is 0 Å². The molecular formula is C7H9O4S. The van der Waals surface area contributed by atoms with Crippen molar-refractivity contribution in [3.8, 4) is 0 Å². The largest absolute Gasteiger partial charge is 0.480 e. The Bertz CT molecular complexity index is 289. The number of carboxylic acid groups (broad SMARTS) is 1. The van der Waals surface area contributed by atoms with Crippen molar-refractivity contribution in [3.63, 3.8) is 0 Å². The first kappa shape index (κ1) is 10.9. The molecule has 0 aliphatic heterocycles. The van der Waals surface area contributed by atoms with Crippen LogP contribution in [0.2, 0.25) is 0 Å². The molecule has 4 nitrogen and oxygen atoms in total. The molecule has 0 bridgehead atoms. The maximum Gasteiger partial charge on any atom is 0.331 e. The Morgan fingerprint density at radius 2 is 1.92 bits per heavy atom. The zero-order valence-corrected chi connectivity index (χ0v) is 7.17. The van der Waals surface area contributed by atoms with Crippen LogP contribution in [0.5, 0.6) is 0 Å². The highest BCUT2D eigenvalue weighted by atomic mass is 32.2. The average Bonchev–Trinajstić information content (AvgIpc) is 1.86. The van der Waals surface area contributed by atoms with Crippen LogP contribution in [0, 0.1) is 5.25 Å². The van der Waals surface area contributed by atoms with Crippen LogP contribution in [-0.4, -0.2) is 25.2 Å². The second kappa shape index (κ2) is 4.06. The second-order valence-corrected chi connectivity index (χ2v) is 3.95. The van der Waals surface area contributed by atoms with E-state index < -0.39 is 21.1 Å². The molecule has 0 aliphatic rings. The van der Waals surface area contributed by atoms with E-state index in [0.717, 1.165) is 12.2 Å². The summed E-state index contributed by atoms with van der Waals surface area (Å²) in [5.74, 6) is -1.88. The quantitative estimate of drug-likeness (QED) is 0.635. The summed E-state index contributed by atoms with van der Waals surface area (Å²) in [5.41, 5.74) is 0. The lowest BCUT2D eigenvalue weighted by Gasteiger charge is -2.04. The number of sulfone groups is 1. The van der Waals surface area contributed by atoms with Gasteiger partial charge in [-0.1, -0.05) is 12.2 Å². The van der Waals surface area contributed by atoms with Gasteiger partial charge in [-0.25, -0.2) is 8.42 Å². The van der Waals surface area contributed by atoms with Crippen molar-refractivity contribution >= 4 is 15.8 Å². The topological polar surface area (TPSA) is 71.4 Å². The van der Waals surface area contributed by atoms with Crippen molar-refractivity contribution in [3.05, 3.63) is 30.6 Å². The summed E-state index contributed by atoms with van der Waals surface area (Å²) in [5, 5.41) is 7.72. The standard InChI is InChI=1S/C7H9O4S/c1-3-5-12(10,11)6(4-2)7(8)9/h3-4H,1-2,5H2,(H,8,9). The lowest BCUT2D eigenvalue weighted by Crippen LogP contribution is -2.21. The fraction of sp³-hybridized carbons (Fsp3) is 0.143. The van der Waals surface area contributed by atoms with Crippen LogP contribution in [0.25, 0.3) is 0 Å². The van der Waals surface area contributed by atoms with E-state index in [1.807, 2.05) is 0 Å². The van der Waals surface area contributed by atoms with Crippen molar-refractivity contribution in [1.29, 1.82) is 0 Å². The van der Waals surface area contributed by atoms with Crippen LogP contribution >= 0.6 is 0 Å². The lowest BCUT2D eigenvalue weighted by molar-refractivity contribution is -0.133. The minimum atomic E-state index is -3.74. The van der Waals surface area contributed by atoms with E-state index in [0.29, 0.717) is 0 Å². The molecule has 1 radical (unpaired) electrons. The predicted octanol–water partition coefficient (Wildman–Crippen LogP) is 0.390. The normalized spacial score (nSPS) is 11.1. The van der Waals surface area contributed by atoms with Gasteiger partial charge in [-0.2, -0.15) is 0 Å². The van der Waals surface area contributed by atoms with E-state index in [9.17, 15) is 13.2 Å². The summed E-state index contributed by atoms with van der Waals surface area (Å²) in [6.45, 7) is 6.30. The number of rotatable bonds is 5. The minimum absolute atomic E-state index is 0.388. The van der Waals surface area contributed by atoms with Gasteiger partial charge < -0.3 is 5.11 Å². The smallest absolute Gasteiger partial charge is 0.331 e. The SMILES string of the molecule is C=CCS(=O)(=O)[C](C=C)C(=O)O. The fourth-order valence-electron chi connectivity index (χ4n) is 0.592. The van der Waals surface area contributed by atoms with Gasteiger partial charge >= 0.3 is 5.97 Å². The maximum atomic E-state index is 11.0. The highest BCUT2D eigenvalue weighted by Crippen LogP contribution is 2.12. The van der Waals surface area contributed by atoms with Crippen LogP contribution in [0.15, 0.2) is 25.3 Å². The molecule has 0 saturated heterocycles. The van der Waals surface area contributed by atoms with Crippen LogP contribution in [0.1, 0.15) is 0 Å². The number of hydrogen-bond donors (Lipinski definition) is 1. The van der Waals surface area contributed by atoms with Crippen molar-refractivity contribution in [2.45, 2.75) is 0 Å². The molecular weight excluding hydrogens is 180 g/mol. The summed E-state index contributed by atoms with van der Waals surface area (Å²) in [7, 11) is -3.74. The maximum absolute atomic E-state index is 11.0. The minimum Gasteiger partial charge on any atom is -0.480 e. The molecule has 0 amide bonds. The van der Waals surface area contributed by atoms with E-state index in [-0.39, 0.29) is 5.75 Å². The first-order chi connectivity index (χ1) is 5.45. The summed E-state index contributed by atoms with van der Waals surface area (Å²) in [6.07, 6.45) is 1.93. The second-order valence-electron chi connectivity index (χ2n) is 1.94. The van der Waals surface area contributed by atoms with E-state index in [1.54, 1.807) is 0 Å². The molecule has 12 heavy (non-hydrogen) atoms. The molecule has 5 heteroatoms. The molecule has 1 N–H and O–H groups in total. The van der Waals surface area contributed by atoms with Crippen molar-refractivity contribution in [2.24, 2.45) is 0 Å². The summed E-state index contributed by atoms with van der Waals surface area (Å²) >= 11 is 0. The summed E-state index contributed by atoms with van der Waals surface area (Å²) in [6, 6.07) is 0. The van der Waals surface area contributed by atoms with Gasteiger partial charge in [0.05, 0.1) is 5.75 Å². The van der Waals surface area contributed by atoms with Crippen molar-refractivity contribution in [2.75, 3.05) is 5.75 Å². The van der Waals surface area contributed by atoms with Crippen LogP contribution in [-0.2, 0) is 14.6 Å². The number of carbonyl (C=O) groups is 1. The van der Waals surface area contributed by atoms with Gasteiger partial charge in [0.15, 0.2) is 9.84 Å². The third-order valence-corrected chi connectivity index (χ3v) is 2.75. The Morgan fingerprint density at radius 1 is 1.42 bits per heavy atom. The molecule has 0 fully saturated rings. The van der Waals surface area contributed by atoms with E-state index >= 15 is 0 Å². The molecule has 0 aromatic carbocycles. The third kappa shape index (κ3) is 2.50. The molecule has 0 saturated carbocycles. The zero-order valence-electron chi connectivity index (χ0n) is 6.36. The van der Waals surface area contributed by atoms with Crippen LogP contribution < -0.4 is 0 Å². The Hall–Kier alpha value is -1.10. The Kier molecular flexibility index (Phi) is 3.69. The first-order valence-electron chi connectivity index (χ1n) is 3.02. The Balaban J connectivity index is 4.84.